The summed E-state index contributed by atoms with van der Waals surface area (Å²) < 4.78 is 18.7. The van der Waals surface area contributed by atoms with Gasteiger partial charge < -0.3 is 4.74 Å². The zero-order valence-corrected chi connectivity index (χ0v) is 12.5. The fourth-order valence-electron chi connectivity index (χ4n) is 2.52. The number of hydrogen-bond acceptors (Lipinski definition) is 3. The van der Waals surface area contributed by atoms with Gasteiger partial charge in [0.2, 0.25) is 0 Å². The molecule has 0 amide bonds. The first-order valence-electron chi connectivity index (χ1n) is 7.18. The van der Waals surface area contributed by atoms with Crippen molar-refractivity contribution >= 4 is 23.2 Å². The second kappa shape index (κ2) is 7.55. The third-order valence-electron chi connectivity index (χ3n) is 3.66. The quantitative estimate of drug-likeness (QED) is 0.716. The van der Waals surface area contributed by atoms with E-state index in [0.717, 1.165) is 12.8 Å². The van der Waals surface area contributed by atoms with Crippen LogP contribution in [-0.2, 0) is 9.59 Å². The van der Waals surface area contributed by atoms with Crippen molar-refractivity contribution < 1.29 is 18.7 Å². The molecule has 0 heterocycles. The molecule has 1 saturated carbocycles. The standard InChI is InChI=1S/C16H18ClFO3/c17-12-6-7-16(14(18)10-12)21-8-2-4-13(19)9-11-3-1-5-15(11)20/h6-7,10-11H,1-5,8-9H2. The zero-order chi connectivity index (χ0) is 15.2. The molecule has 3 nitrogen and oxygen atoms in total. The van der Waals surface area contributed by atoms with E-state index >= 15 is 0 Å². The van der Waals surface area contributed by atoms with Gasteiger partial charge in [-0.15, -0.1) is 0 Å². The molecule has 1 atom stereocenters. The Morgan fingerprint density at radius 1 is 1.43 bits per heavy atom. The lowest BCUT2D eigenvalue weighted by molar-refractivity contribution is -0.126. The van der Waals surface area contributed by atoms with Crippen LogP contribution < -0.4 is 4.74 Å². The highest BCUT2D eigenvalue weighted by Crippen LogP contribution is 2.25. The first kappa shape index (κ1) is 16.0. The lowest BCUT2D eigenvalue weighted by Gasteiger charge is -2.08. The highest BCUT2D eigenvalue weighted by molar-refractivity contribution is 6.30. The summed E-state index contributed by atoms with van der Waals surface area (Å²) >= 11 is 5.64. The van der Waals surface area contributed by atoms with Crippen molar-refractivity contribution in [3.63, 3.8) is 0 Å². The van der Waals surface area contributed by atoms with Crippen molar-refractivity contribution in [3.05, 3.63) is 29.0 Å². The molecule has 0 saturated heterocycles. The normalized spacial score (nSPS) is 18.0. The molecule has 1 aliphatic carbocycles. The number of benzene rings is 1. The second-order valence-corrected chi connectivity index (χ2v) is 5.76. The van der Waals surface area contributed by atoms with Gasteiger partial charge in [0.05, 0.1) is 6.61 Å². The number of ketones is 2. The molecule has 1 aromatic rings. The zero-order valence-electron chi connectivity index (χ0n) is 11.7. The lowest BCUT2D eigenvalue weighted by atomic mass is 9.98. The van der Waals surface area contributed by atoms with Crippen molar-refractivity contribution in [3.8, 4) is 5.75 Å². The van der Waals surface area contributed by atoms with E-state index in [1.807, 2.05) is 0 Å². The molecule has 2 rings (SSSR count). The summed E-state index contributed by atoms with van der Waals surface area (Å²) in [7, 11) is 0. The lowest BCUT2D eigenvalue weighted by Crippen LogP contribution is -2.13. The Kier molecular flexibility index (Phi) is 5.74. The fourth-order valence-corrected chi connectivity index (χ4v) is 2.68. The number of carbonyl (C=O) groups excluding carboxylic acids is 2. The summed E-state index contributed by atoms with van der Waals surface area (Å²) in [5.41, 5.74) is 0. The summed E-state index contributed by atoms with van der Waals surface area (Å²) in [5.74, 6) is -0.159. The Morgan fingerprint density at radius 3 is 2.90 bits per heavy atom. The molecule has 0 aliphatic heterocycles. The number of carbonyl (C=O) groups is 2. The van der Waals surface area contributed by atoms with Gasteiger partial charge in [0.25, 0.3) is 0 Å². The van der Waals surface area contributed by atoms with Crippen molar-refractivity contribution in [2.75, 3.05) is 6.61 Å². The number of Topliss-reactive ketones (excluding diaryl/α,β-unsaturated/α-hetero) is 2. The van der Waals surface area contributed by atoms with Gasteiger partial charge in [0, 0.05) is 30.2 Å². The van der Waals surface area contributed by atoms with E-state index in [1.54, 1.807) is 6.07 Å². The molecule has 1 aliphatic rings. The number of halogens is 2. The first-order valence-corrected chi connectivity index (χ1v) is 7.56. The van der Waals surface area contributed by atoms with E-state index in [1.165, 1.54) is 12.1 Å². The Hall–Kier alpha value is -1.42. The van der Waals surface area contributed by atoms with Gasteiger partial charge >= 0.3 is 0 Å². The van der Waals surface area contributed by atoms with Gasteiger partial charge in [-0.1, -0.05) is 11.6 Å². The van der Waals surface area contributed by atoms with Crippen LogP contribution in [0.3, 0.4) is 0 Å². The molecule has 0 N–H and O–H groups in total. The highest BCUT2D eigenvalue weighted by Gasteiger charge is 2.26. The summed E-state index contributed by atoms with van der Waals surface area (Å²) in [6.07, 6.45) is 3.55. The van der Waals surface area contributed by atoms with E-state index in [-0.39, 0.29) is 29.8 Å². The third-order valence-corrected chi connectivity index (χ3v) is 3.89. The molecular weight excluding hydrogens is 295 g/mol. The molecule has 21 heavy (non-hydrogen) atoms. The molecule has 1 fully saturated rings. The van der Waals surface area contributed by atoms with Crippen LogP contribution in [0.15, 0.2) is 18.2 Å². The van der Waals surface area contributed by atoms with Crippen LogP contribution in [0.2, 0.25) is 5.02 Å². The maximum absolute atomic E-state index is 13.4. The minimum atomic E-state index is -0.509. The van der Waals surface area contributed by atoms with Gasteiger partial charge in [-0.05, 0) is 37.5 Å². The largest absolute Gasteiger partial charge is 0.491 e. The van der Waals surface area contributed by atoms with Gasteiger partial charge in [-0.2, -0.15) is 0 Å². The Morgan fingerprint density at radius 2 is 2.24 bits per heavy atom. The van der Waals surface area contributed by atoms with E-state index in [2.05, 4.69) is 0 Å². The predicted molar refractivity (Wildman–Crippen MR) is 78.1 cm³/mol. The average molecular weight is 313 g/mol. The maximum Gasteiger partial charge on any atom is 0.166 e. The van der Waals surface area contributed by atoms with Gasteiger partial charge in [0.1, 0.15) is 11.6 Å². The molecule has 0 radical (unpaired) electrons. The van der Waals surface area contributed by atoms with E-state index < -0.39 is 5.82 Å². The van der Waals surface area contributed by atoms with Gasteiger partial charge in [0.15, 0.2) is 11.6 Å². The van der Waals surface area contributed by atoms with E-state index in [4.69, 9.17) is 16.3 Å². The minimum absolute atomic E-state index is 0.0767. The third kappa shape index (κ3) is 4.81. The Balaban J connectivity index is 1.67. The van der Waals surface area contributed by atoms with Gasteiger partial charge in [-0.3, -0.25) is 9.59 Å². The van der Waals surface area contributed by atoms with Crippen LogP contribution in [0.25, 0.3) is 0 Å². The van der Waals surface area contributed by atoms with Crippen molar-refractivity contribution in [1.82, 2.24) is 0 Å². The van der Waals surface area contributed by atoms with Crippen LogP contribution in [0.4, 0.5) is 4.39 Å². The summed E-state index contributed by atoms with van der Waals surface area (Å²) in [6, 6.07) is 4.21. The smallest absolute Gasteiger partial charge is 0.166 e. The van der Waals surface area contributed by atoms with Crippen LogP contribution in [0.5, 0.6) is 5.75 Å². The molecular formula is C16H18ClFO3. The average Bonchev–Trinajstić information content (AvgIpc) is 2.82. The van der Waals surface area contributed by atoms with Crippen molar-refractivity contribution in [2.24, 2.45) is 5.92 Å². The van der Waals surface area contributed by atoms with E-state index in [9.17, 15) is 14.0 Å². The highest BCUT2D eigenvalue weighted by atomic mass is 35.5. The number of ether oxygens (including phenoxy) is 1. The van der Waals surface area contributed by atoms with Gasteiger partial charge in [-0.25, -0.2) is 4.39 Å². The number of rotatable bonds is 7. The van der Waals surface area contributed by atoms with Crippen molar-refractivity contribution in [1.29, 1.82) is 0 Å². The molecule has 0 aromatic heterocycles. The minimum Gasteiger partial charge on any atom is -0.491 e. The Bertz CT molecular complexity index is 530. The molecule has 114 valence electrons. The van der Waals surface area contributed by atoms with Crippen LogP contribution in [0, 0.1) is 11.7 Å². The van der Waals surface area contributed by atoms with E-state index in [0.29, 0.717) is 30.7 Å². The SMILES string of the molecule is O=C(CCCOc1ccc(Cl)cc1F)CC1CCCC1=O. The monoisotopic (exact) mass is 312 g/mol. The van der Waals surface area contributed by atoms with Crippen LogP contribution in [0.1, 0.15) is 38.5 Å². The summed E-state index contributed by atoms with van der Waals surface area (Å²) in [4.78, 5) is 23.2. The molecule has 5 heteroatoms. The molecule has 1 aromatic carbocycles. The topological polar surface area (TPSA) is 43.4 Å². The summed E-state index contributed by atoms with van der Waals surface area (Å²) in [5, 5.41) is 0.316. The summed E-state index contributed by atoms with van der Waals surface area (Å²) in [6.45, 7) is 0.267. The maximum atomic E-state index is 13.4. The van der Waals surface area contributed by atoms with Crippen LogP contribution in [-0.4, -0.2) is 18.2 Å². The Labute approximate surface area is 128 Å². The molecule has 0 bridgehead atoms. The number of hydrogen-bond donors (Lipinski definition) is 0. The fraction of sp³-hybridized carbons (Fsp3) is 0.500. The molecule has 0 spiro atoms. The molecule has 1 unspecified atom stereocenters. The van der Waals surface area contributed by atoms with Crippen molar-refractivity contribution in [2.45, 2.75) is 38.5 Å². The first-order chi connectivity index (χ1) is 10.1. The second-order valence-electron chi connectivity index (χ2n) is 5.33. The predicted octanol–water partition coefficient (Wildman–Crippen LogP) is 3.97. The van der Waals surface area contributed by atoms with Crippen LogP contribution >= 0.6 is 11.6 Å².